The number of benzene rings is 2. The second kappa shape index (κ2) is 12.2. The van der Waals surface area contributed by atoms with E-state index in [0.717, 1.165) is 60.7 Å². The minimum absolute atomic E-state index is 0.148. The van der Waals surface area contributed by atoms with Gasteiger partial charge in [0, 0.05) is 18.0 Å². The summed E-state index contributed by atoms with van der Waals surface area (Å²) in [5.74, 6) is 1.54. The summed E-state index contributed by atoms with van der Waals surface area (Å²) in [5, 5.41) is 0.875. The Kier molecular flexibility index (Phi) is 9.02. The molecule has 172 valence electrons. The molecule has 5 heteroatoms. The number of hydrogen-bond acceptors (Lipinski definition) is 4. The summed E-state index contributed by atoms with van der Waals surface area (Å²) in [6.07, 6.45) is 6.26. The molecule has 3 aromatic rings. The van der Waals surface area contributed by atoms with Gasteiger partial charge in [-0.15, -0.1) is 0 Å². The molecule has 32 heavy (non-hydrogen) atoms. The van der Waals surface area contributed by atoms with Crippen LogP contribution in [-0.2, 0) is 13.2 Å². The number of nitrogens with zero attached hydrogens (tertiary/aromatic N) is 1. The molecule has 0 saturated carbocycles. The van der Waals surface area contributed by atoms with Crippen molar-refractivity contribution in [1.29, 1.82) is 0 Å². The third-order valence-corrected chi connectivity index (χ3v) is 5.59. The number of ether oxygens (including phenoxy) is 3. The van der Waals surface area contributed by atoms with Crippen LogP contribution in [0.1, 0.15) is 57.9 Å². The largest absolute Gasteiger partial charge is 0.497 e. The molecule has 0 atom stereocenters. The summed E-state index contributed by atoms with van der Waals surface area (Å²) in [5.41, 5.74) is 1.69. The van der Waals surface area contributed by atoms with Crippen LogP contribution in [0.15, 0.2) is 53.3 Å². The number of pyridine rings is 1. The molecule has 0 saturated heterocycles. The highest BCUT2D eigenvalue weighted by molar-refractivity contribution is 5.89. The Morgan fingerprint density at radius 1 is 0.844 bits per heavy atom. The van der Waals surface area contributed by atoms with Crippen LogP contribution < -0.4 is 19.8 Å². The van der Waals surface area contributed by atoms with Crippen LogP contribution in [0.4, 0.5) is 0 Å². The zero-order valence-electron chi connectivity index (χ0n) is 19.6. The number of aromatic nitrogens is 1. The van der Waals surface area contributed by atoms with Crippen molar-refractivity contribution in [2.75, 3.05) is 13.7 Å². The molecule has 0 amide bonds. The summed E-state index contributed by atoms with van der Waals surface area (Å²) in [4.78, 5) is 13.6. The van der Waals surface area contributed by atoms with Gasteiger partial charge in [0.25, 0.3) is 5.56 Å². The fourth-order valence-electron chi connectivity index (χ4n) is 3.74. The Hall–Kier alpha value is -2.95. The second-order valence-corrected chi connectivity index (χ2v) is 8.04. The number of aryl methyl sites for hydroxylation is 1. The van der Waals surface area contributed by atoms with Crippen molar-refractivity contribution < 1.29 is 14.2 Å². The highest BCUT2D eigenvalue weighted by atomic mass is 16.5. The van der Waals surface area contributed by atoms with Gasteiger partial charge in [-0.05, 0) is 30.5 Å². The Morgan fingerprint density at radius 3 is 2.34 bits per heavy atom. The fraction of sp³-hybridized carbons (Fsp3) is 0.444. The molecule has 0 fully saturated rings. The standard InChI is InChI=1S/C27H35NO4/c1-4-6-8-12-17-28-24-19-22(30-3)15-16-23(24)25(31-18-7-5-2)26(27(28)29)32-20-21-13-10-9-11-14-21/h9-11,13-16,19H,4-8,12,17-18,20H2,1-3H3. The molecule has 0 bridgehead atoms. The normalized spacial score (nSPS) is 11.0. The lowest BCUT2D eigenvalue weighted by atomic mass is 10.1. The fourth-order valence-corrected chi connectivity index (χ4v) is 3.74. The Morgan fingerprint density at radius 2 is 1.62 bits per heavy atom. The van der Waals surface area contributed by atoms with Gasteiger partial charge < -0.3 is 18.8 Å². The lowest BCUT2D eigenvalue weighted by Gasteiger charge is -2.19. The van der Waals surface area contributed by atoms with E-state index < -0.39 is 0 Å². The van der Waals surface area contributed by atoms with Gasteiger partial charge in [0.15, 0.2) is 5.75 Å². The summed E-state index contributed by atoms with van der Waals surface area (Å²) in [7, 11) is 1.64. The van der Waals surface area contributed by atoms with E-state index in [1.165, 1.54) is 0 Å². The Bertz CT molecular complexity index is 1040. The number of rotatable bonds is 13. The summed E-state index contributed by atoms with van der Waals surface area (Å²) in [6.45, 7) is 5.80. The van der Waals surface area contributed by atoms with Crippen molar-refractivity contribution in [1.82, 2.24) is 4.57 Å². The van der Waals surface area contributed by atoms with Crippen LogP contribution in [-0.4, -0.2) is 18.3 Å². The first-order chi connectivity index (χ1) is 15.7. The van der Waals surface area contributed by atoms with Gasteiger partial charge in [0.1, 0.15) is 12.4 Å². The van der Waals surface area contributed by atoms with E-state index in [1.807, 2.05) is 53.1 Å². The molecule has 0 aliphatic rings. The lowest BCUT2D eigenvalue weighted by Crippen LogP contribution is -2.24. The van der Waals surface area contributed by atoms with Gasteiger partial charge in [-0.25, -0.2) is 0 Å². The SMILES string of the molecule is CCCCCCn1c(=O)c(OCc2ccccc2)c(OCCCC)c2ccc(OC)cc21. The second-order valence-electron chi connectivity index (χ2n) is 8.04. The highest BCUT2D eigenvalue weighted by Gasteiger charge is 2.20. The van der Waals surface area contributed by atoms with E-state index in [2.05, 4.69) is 13.8 Å². The van der Waals surface area contributed by atoms with Gasteiger partial charge in [-0.2, -0.15) is 0 Å². The van der Waals surface area contributed by atoms with Gasteiger partial charge in [0.05, 0.1) is 19.2 Å². The molecule has 0 unspecified atom stereocenters. The van der Waals surface area contributed by atoms with Crippen molar-refractivity contribution in [3.05, 3.63) is 64.4 Å². The first-order valence-electron chi connectivity index (χ1n) is 11.7. The molecule has 0 aliphatic carbocycles. The molecule has 1 aromatic heterocycles. The average molecular weight is 438 g/mol. The maximum absolute atomic E-state index is 13.6. The van der Waals surface area contributed by atoms with Crippen LogP contribution in [0.3, 0.4) is 0 Å². The number of hydrogen-bond donors (Lipinski definition) is 0. The van der Waals surface area contributed by atoms with Crippen LogP contribution in [0.25, 0.3) is 10.9 Å². The average Bonchev–Trinajstić information content (AvgIpc) is 2.83. The van der Waals surface area contributed by atoms with Crippen LogP contribution in [0, 0.1) is 0 Å². The van der Waals surface area contributed by atoms with E-state index in [0.29, 0.717) is 25.5 Å². The molecule has 0 N–H and O–H groups in total. The topological polar surface area (TPSA) is 49.7 Å². The van der Waals surface area contributed by atoms with Crippen molar-refractivity contribution in [2.45, 2.75) is 65.5 Å². The molecule has 2 aromatic carbocycles. The third kappa shape index (κ3) is 5.84. The van der Waals surface area contributed by atoms with Gasteiger partial charge >= 0.3 is 0 Å². The number of fused-ring (bicyclic) bond motifs is 1. The van der Waals surface area contributed by atoms with Crippen LogP contribution >= 0.6 is 0 Å². The monoisotopic (exact) mass is 437 g/mol. The molecule has 5 nitrogen and oxygen atoms in total. The van der Waals surface area contributed by atoms with Gasteiger partial charge in [-0.3, -0.25) is 4.79 Å². The van der Waals surface area contributed by atoms with Crippen LogP contribution in [0.5, 0.6) is 17.2 Å². The first-order valence-corrected chi connectivity index (χ1v) is 11.7. The van der Waals surface area contributed by atoms with Crippen LogP contribution in [0.2, 0.25) is 0 Å². The maximum atomic E-state index is 13.6. The molecule has 1 heterocycles. The minimum Gasteiger partial charge on any atom is -0.497 e. The Labute approximate surface area is 190 Å². The third-order valence-electron chi connectivity index (χ3n) is 5.59. The van der Waals surface area contributed by atoms with Crippen molar-refractivity contribution in [2.24, 2.45) is 0 Å². The number of unbranched alkanes of at least 4 members (excludes halogenated alkanes) is 4. The lowest BCUT2D eigenvalue weighted by molar-refractivity contribution is 0.256. The molecule has 0 radical (unpaired) electrons. The predicted molar refractivity (Wildman–Crippen MR) is 130 cm³/mol. The van der Waals surface area contributed by atoms with E-state index in [9.17, 15) is 4.79 Å². The molecule has 0 aliphatic heterocycles. The Balaban J connectivity index is 2.08. The summed E-state index contributed by atoms with van der Waals surface area (Å²) >= 11 is 0. The first kappa shape index (κ1) is 23.7. The van der Waals surface area contributed by atoms with E-state index in [1.54, 1.807) is 7.11 Å². The highest BCUT2D eigenvalue weighted by Crippen LogP contribution is 2.35. The van der Waals surface area contributed by atoms with Crippen molar-refractivity contribution >= 4 is 10.9 Å². The zero-order valence-corrected chi connectivity index (χ0v) is 19.6. The maximum Gasteiger partial charge on any atom is 0.297 e. The number of methoxy groups -OCH3 is 1. The van der Waals surface area contributed by atoms with E-state index >= 15 is 0 Å². The van der Waals surface area contributed by atoms with Gasteiger partial charge in [0.2, 0.25) is 5.75 Å². The van der Waals surface area contributed by atoms with Gasteiger partial charge in [-0.1, -0.05) is 69.9 Å². The molecule has 3 rings (SSSR count). The summed E-state index contributed by atoms with van der Waals surface area (Å²) in [6, 6.07) is 15.7. The zero-order chi connectivity index (χ0) is 22.8. The van der Waals surface area contributed by atoms with E-state index in [-0.39, 0.29) is 11.3 Å². The van der Waals surface area contributed by atoms with Crippen molar-refractivity contribution in [3.63, 3.8) is 0 Å². The predicted octanol–water partition coefficient (Wildman–Crippen LogP) is 6.35. The van der Waals surface area contributed by atoms with Crippen molar-refractivity contribution in [3.8, 4) is 17.2 Å². The quantitative estimate of drug-likeness (QED) is 0.292. The summed E-state index contributed by atoms with van der Waals surface area (Å²) < 4.78 is 19.5. The smallest absolute Gasteiger partial charge is 0.297 e. The molecular weight excluding hydrogens is 402 g/mol. The van der Waals surface area contributed by atoms with E-state index in [4.69, 9.17) is 14.2 Å². The minimum atomic E-state index is -0.148. The molecule has 0 spiro atoms. The molecular formula is C27H35NO4.